The van der Waals surface area contributed by atoms with Crippen LogP contribution < -0.4 is 5.32 Å². The molecule has 2 aromatic heterocycles. The Morgan fingerprint density at radius 2 is 2.40 bits per heavy atom. The Morgan fingerprint density at radius 1 is 1.53 bits per heavy atom. The molecular weight excluding hydrogens is 214 g/mol. The zero-order chi connectivity index (χ0) is 10.7. The number of hydrogen-bond acceptors (Lipinski definition) is 4. The fraction of sp³-hybridized carbons (Fsp3) is 0.222. The van der Waals surface area contributed by atoms with Crippen molar-refractivity contribution in [1.29, 1.82) is 0 Å². The van der Waals surface area contributed by atoms with E-state index in [1.165, 1.54) is 0 Å². The molecule has 0 bridgehead atoms. The molecule has 0 atom stereocenters. The first-order valence-corrected chi connectivity index (χ1v) is 4.90. The summed E-state index contributed by atoms with van der Waals surface area (Å²) in [5.41, 5.74) is 1.33. The zero-order valence-corrected chi connectivity index (χ0v) is 8.75. The molecule has 0 aliphatic carbocycles. The number of nitrogens with one attached hydrogen (secondary N) is 2. The van der Waals surface area contributed by atoms with Gasteiger partial charge in [0.25, 0.3) is 0 Å². The summed E-state index contributed by atoms with van der Waals surface area (Å²) >= 11 is 5.76. The van der Waals surface area contributed by atoms with Crippen molar-refractivity contribution in [3.8, 4) is 0 Å². The second-order valence-corrected chi connectivity index (χ2v) is 3.28. The van der Waals surface area contributed by atoms with Crippen molar-refractivity contribution in [2.75, 3.05) is 11.9 Å². The van der Waals surface area contributed by atoms with Crippen LogP contribution in [0, 0.1) is 0 Å². The van der Waals surface area contributed by atoms with Gasteiger partial charge in [-0.05, 0) is 18.0 Å². The molecule has 15 heavy (non-hydrogen) atoms. The fourth-order valence-electron chi connectivity index (χ4n) is 1.23. The number of aromatic nitrogens is 4. The molecule has 0 spiro atoms. The van der Waals surface area contributed by atoms with Crippen molar-refractivity contribution >= 4 is 28.6 Å². The van der Waals surface area contributed by atoms with E-state index in [4.69, 9.17) is 11.6 Å². The highest BCUT2D eigenvalue weighted by molar-refractivity contribution is 6.28. The average Bonchev–Trinajstić information content (AvgIpc) is 2.65. The second-order valence-electron chi connectivity index (χ2n) is 2.95. The molecule has 2 heterocycles. The molecule has 0 aromatic carbocycles. The van der Waals surface area contributed by atoms with Crippen molar-refractivity contribution in [1.82, 2.24) is 19.9 Å². The Labute approximate surface area is 91.6 Å². The van der Waals surface area contributed by atoms with Crippen LogP contribution in [-0.4, -0.2) is 26.5 Å². The lowest BCUT2D eigenvalue weighted by Crippen LogP contribution is -2.03. The molecule has 6 heteroatoms. The van der Waals surface area contributed by atoms with E-state index in [-0.39, 0.29) is 5.28 Å². The van der Waals surface area contributed by atoms with Crippen LogP contribution in [0.2, 0.25) is 5.28 Å². The van der Waals surface area contributed by atoms with Crippen LogP contribution in [0.3, 0.4) is 0 Å². The smallest absolute Gasteiger partial charge is 0.226 e. The number of imidazole rings is 1. The van der Waals surface area contributed by atoms with Gasteiger partial charge in [0.1, 0.15) is 5.52 Å². The van der Waals surface area contributed by atoms with Gasteiger partial charge < -0.3 is 10.3 Å². The van der Waals surface area contributed by atoms with Crippen molar-refractivity contribution in [3.63, 3.8) is 0 Å². The molecule has 2 aromatic rings. The number of nitrogens with zero attached hydrogens (tertiary/aromatic N) is 3. The Hall–Kier alpha value is -1.62. The summed E-state index contributed by atoms with van der Waals surface area (Å²) in [6.45, 7) is 4.40. The quantitative estimate of drug-likeness (QED) is 0.473. The van der Waals surface area contributed by atoms with Crippen LogP contribution in [-0.2, 0) is 0 Å². The highest BCUT2D eigenvalue weighted by atomic mass is 35.5. The normalized spacial score (nSPS) is 10.5. The first kappa shape index (κ1) is 9.92. The molecular formula is C9H10ClN5. The minimum Gasteiger partial charge on any atom is -0.368 e. The summed E-state index contributed by atoms with van der Waals surface area (Å²) in [6, 6.07) is 0. The molecule has 2 N–H and O–H groups in total. The monoisotopic (exact) mass is 223 g/mol. The molecule has 0 saturated carbocycles. The van der Waals surface area contributed by atoms with E-state index in [0.29, 0.717) is 11.5 Å². The van der Waals surface area contributed by atoms with E-state index in [0.717, 1.165) is 18.5 Å². The van der Waals surface area contributed by atoms with Gasteiger partial charge in [-0.1, -0.05) is 6.08 Å². The van der Waals surface area contributed by atoms with Gasteiger partial charge in [-0.3, -0.25) is 0 Å². The van der Waals surface area contributed by atoms with Crippen LogP contribution in [0.1, 0.15) is 6.42 Å². The predicted octanol–water partition coefficient (Wildman–Crippen LogP) is 1.99. The van der Waals surface area contributed by atoms with Gasteiger partial charge in [0.05, 0.1) is 6.33 Å². The maximum absolute atomic E-state index is 5.76. The van der Waals surface area contributed by atoms with Gasteiger partial charge >= 0.3 is 0 Å². The van der Waals surface area contributed by atoms with E-state index in [2.05, 4.69) is 31.8 Å². The van der Waals surface area contributed by atoms with Crippen molar-refractivity contribution in [2.45, 2.75) is 6.42 Å². The van der Waals surface area contributed by atoms with Crippen molar-refractivity contribution < 1.29 is 0 Å². The summed E-state index contributed by atoms with van der Waals surface area (Å²) in [6.07, 6.45) is 4.26. The minimum atomic E-state index is 0.190. The summed E-state index contributed by atoms with van der Waals surface area (Å²) in [5.74, 6) is 0.671. The Balaban J connectivity index is 2.31. The van der Waals surface area contributed by atoms with E-state index >= 15 is 0 Å². The molecule has 0 amide bonds. The lowest BCUT2D eigenvalue weighted by Gasteiger charge is -2.04. The van der Waals surface area contributed by atoms with Crippen LogP contribution in [0.25, 0.3) is 11.2 Å². The number of fused-ring (bicyclic) bond motifs is 1. The number of aromatic amines is 1. The topological polar surface area (TPSA) is 66.5 Å². The van der Waals surface area contributed by atoms with E-state index < -0.39 is 0 Å². The molecule has 78 valence electrons. The maximum Gasteiger partial charge on any atom is 0.226 e. The minimum absolute atomic E-state index is 0.190. The summed E-state index contributed by atoms with van der Waals surface area (Å²) in [7, 11) is 0. The number of hydrogen-bond donors (Lipinski definition) is 2. The molecule has 5 nitrogen and oxygen atoms in total. The lowest BCUT2D eigenvalue weighted by molar-refractivity contribution is 1.05. The Bertz CT molecular complexity index is 478. The van der Waals surface area contributed by atoms with E-state index in [9.17, 15) is 0 Å². The second kappa shape index (κ2) is 4.27. The average molecular weight is 224 g/mol. The van der Waals surface area contributed by atoms with Gasteiger partial charge in [0.2, 0.25) is 5.28 Å². The lowest BCUT2D eigenvalue weighted by atomic mass is 10.4. The number of anilines is 1. The Morgan fingerprint density at radius 3 is 3.20 bits per heavy atom. The largest absolute Gasteiger partial charge is 0.368 e. The SMILES string of the molecule is C=CCCNc1nc(Cl)nc2nc[nH]c12. The molecule has 0 fully saturated rings. The molecule has 0 unspecified atom stereocenters. The van der Waals surface area contributed by atoms with Gasteiger partial charge in [-0.2, -0.15) is 9.97 Å². The standard InChI is InChI=1S/C9H10ClN5/c1-2-3-4-11-7-6-8(13-5-12-6)15-9(10)14-7/h2,5H,1,3-4H2,(H2,11,12,13,14,15). The van der Waals surface area contributed by atoms with Crippen LogP contribution in [0.4, 0.5) is 5.82 Å². The van der Waals surface area contributed by atoms with Crippen LogP contribution in [0.15, 0.2) is 19.0 Å². The third kappa shape index (κ3) is 2.07. The summed E-state index contributed by atoms with van der Waals surface area (Å²) in [4.78, 5) is 15.0. The van der Waals surface area contributed by atoms with Gasteiger partial charge in [-0.15, -0.1) is 6.58 Å². The number of H-pyrrole nitrogens is 1. The summed E-state index contributed by atoms with van der Waals surface area (Å²) in [5, 5.41) is 3.33. The molecule has 2 rings (SSSR count). The number of rotatable bonds is 4. The van der Waals surface area contributed by atoms with E-state index in [1.807, 2.05) is 6.08 Å². The first-order chi connectivity index (χ1) is 7.31. The van der Waals surface area contributed by atoms with Crippen LogP contribution >= 0.6 is 11.6 Å². The van der Waals surface area contributed by atoms with Crippen LogP contribution in [0.5, 0.6) is 0 Å². The molecule has 0 aliphatic heterocycles. The Kier molecular flexibility index (Phi) is 2.82. The fourth-order valence-corrected chi connectivity index (χ4v) is 1.39. The first-order valence-electron chi connectivity index (χ1n) is 4.52. The molecule has 0 aliphatic rings. The van der Waals surface area contributed by atoms with Gasteiger partial charge in [0, 0.05) is 6.54 Å². The third-order valence-corrected chi connectivity index (χ3v) is 2.07. The zero-order valence-electron chi connectivity index (χ0n) is 8.00. The van der Waals surface area contributed by atoms with Crippen molar-refractivity contribution in [3.05, 3.63) is 24.3 Å². The third-order valence-electron chi connectivity index (χ3n) is 1.90. The van der Waals surface area contributed by atoms with E-state index in [1.54, 1.807) is 6.33 Å². The molecule has 0 radical (unpaired) electrons. The number of halogens is 1. The van der Waals surface area contributed by atoms with Gasteiger partial charge in [-0.25, -0.2) is 4.98 Å². The maximum atomic E-state index is 5.76. The molecule has 0 saturated heterocycles. The van der Waals surface area contributed by atoms with Gasteiger partial charge in [0.15, 0.2) is 11.5 Å². The highest BCUT2D eigenvalue weighted by Gasteiger charge is 2.07. The highest BCUT2D eigenvalue weighted by Crippen LogP contribution is 2.18. The van der Waals surface area contributed by atoms with Crippen molar-refractivity contribution in [2.24, 2.45) is 0 Å². The predicted molar refractivity (Wildman–Crippen MR) is 60.0 cm³/mol. The summed E-state index contributed by atoms with van der Waals surface area (Å²) < 4.78 is 0.